The van der Waals surface area contributed by atoms with Gasteiger partial charge in [0.25, 0.3) is 15.9 Å². The Morgan fingerprint density at radius 3 is 2.35 bits per heavy atom. The van der Waals surface area contributed by atoms with Crippen molar-refractivity contribution in [3.63, 3.8) is 0 Å². The number of carbonyl (C=O) groups is 1. The molecule has 3 rings (SSSR count). The van der Waals surface area contributed by atoms with E-state index in [0.717, 1.165) is 0 Å². The molecule has 0 aliphatic heterocycles. The molecule has 0 amide bonds. The van der Waals surface area contributed by atoms with Gasteiger partial charge in [-0.1, -0.05) is 11.2 Å². The van der Waals surface area contributed by atoms with Crippen molar-refractivity contribution in [2.45, 2.75) is 25.7 Å². The zero-order valence-corrected chi connectivity index (χ0v) is 15.3. The summed E-state index contributed by atoms with van der Waals surface area (Å²) in [7, 11) is -3.83. The van der Waals surface area contributed by atoms with Crippen LogP contribution >= 0.6 is 0 Å². The zero-order chi connectivity index (χ0) is 18.9. The molecule has 134 valence electrons. The standard InChI is InChI=1S/C18H17N3O4S/c1-11-4-5-15(18-19-13(3)20-25-18)10-17(11)26(23,24)21-16-8-6-14(7-9-16)12(2)22/h4-10,21H,1-3H3. The van der Waals surface area contributed by atoms with Crippen molar-refractivity contribution in [2.24, 2.45) is 0 Å². The first-order chi connectivity index (χ1) is 12.3. The van der Waals surface area contributed by atoms with E-state index in [1.54, 1.807) is 50.2 Å². The highest BCUT2D eigenvalue weighted by Gasteiger charge is 2.19. The van der Waals surface area contributed by atoms with E-state index in [9.17, 15) is 13.2 Å². The fourth-order valence-electron chi connectivity index (χ4n) is 2.42. The number of anilines is 1. The number of aryl methyl sites for hydroxylation is 2. The van der Waals surface area contributed by atoms with Crippen molar-refractivity contribution < 1.29 is 17.7 Å². The van der Waals surface area contributed by atoms with Crippen molar-refractivity contribution in [2.75, 3.05) is 4.72 Å². The molecule has 1 heterocycles. The number of aromatic nitrogens is 2. The third kappa shape index (κ3) is 3.65. The Bertz CT molecular complexity index is 1070. The van der Waals surface area contributed by atoms with E-state index in [4.69, 9.17) is 4.52 Å². The van der Waals surface area contributed by atoms with Crippen LogP contribution in [-0.2, 0) is 10.0 Å². The first-order valence-corrected chi connectivity index (χ1v) is 9.30. The maximum atomic E-state index is 12.8. The number of carbonyl (C=O) groups excluding carboxylic acids is 1. The predicted octanol–water partition coefficient (Wildman–Crippen LogP) is 3.36. The fraction of sp³-hybridized carbons (Fsp3) is 0.167. The summed E-state index contributed by atoms with van der Waals surface area (Å²) in [6.45, 7) is 4.84. The van der Waals surface area contributed by atoms with Crippen molar-refractivity contribution in [3.05, 3.63) is 59.4 Å². The minimum atomic E-state index is -3.83. The Hall–Kier alpha value is -3.00. The smallest absolute Gasteiger partial charge is 0.262 e. The van der Waals surface area contributed by atoms with Crippen LogP contribution in [0.4, 0.5) is 5.69 Å². The van der Waals surface area contributed by atoms with E-state index in [2.05, 4.69) is 14.9 Å². The highest BCUT2D eigenvalue weighted by molar-refractivity contribution is 7.92. The first-order valence-electron chi connectivity index (χ1n) is 7.81. The summed E-state index contributed by atoms with van der Waals surface area (Å²) in [6, 6.07) is 11.2. The highest BCUT2D eigenvalue weighted by Crippen LogP contribution is 2.26. The van der Waals surface area contributed by atoms with E-state index >= 15 is 0 Å². The zero-order valence-electron chi connectivity index (χ0n) is 14.5. The normalized spacial score (nSPS) is 11.3. The monoisotopic (exact) mass is 371 g/mol. The molecule has 0 atom stereocenters. The van der Waals surface area contributed by atoms with Gasteiger partial charge in [-0.15, -0.1) is 0 Å². The molecule has 0 saturated heterocycles. The molecule has 0 radical (unpaired) electrons. The molecule has 7 nitrogen and oxygen atoms in total. The van der Waals surface area contributed by atoms with Gasteiger partial charge in [0.15, 0.2) is 11.6 Å². The van der Waals surface area contributed by atoms with E-state index in [1.807, 2.05) is 0 Å². The van der Waals surface area contributed by atoms with Crippen LogP contribution in [-0.4, -0.2) is 24.3 Å². The molecule has 0 aliphatic carbocycles. The second kappa shape index (κ2) is 6.72. The summed E-state index contributed by atoms with van der Waals surface area (Å²) in [5, 5.41) is 3.72. The molecule has 0 aliphatic rings. The average molecular weight is 371 g/mol. The highest BCUT2D eigenvalue weighted by atomic mass is 32.2. The van der Waals surface area contributed by atoms with Crippen LogP contribution in [0.15, 0.2) is 51.9 Å². The Morgan fingerprint density at radius 2 is 1.77 bits per heavy atom. The van der Waals surface area contributed by atoms with Crippen molar-refractivity contribution in [3.8, 4) is 11.5 Å². The quantitative estimate of drug-likeness (QED) is 0.690. The van der Waals surface area contributed by atoms with Crippen molar-refractivity contribution in [1.29, 1.82) is 0 Å². The molecule has 1 N–H and O–H groups in total. The second-order valence-electron chi connectivity index (χ2n) is 5.87. The van der Waals surface area contributed by atoms with Crippen LogP contribution in [0.2, 0.25) is 0 Å². The number of Topliss-reactive ketones (excluding diaryl/α,β-unsaturated/α-hetero) is 1. The van der Waals surface area contributed by atoms with Gasteiger partial charge in [-0.3, -0.25) is 9.52 Å². The summed E-state index contributed by atoms with van der Waals surface area (Å²) in [5.41, 5.74) is 1.98. The summed E-state index contributed by atoms with van der Waals surface area (Å²) >= 11 is 0. The number of nitrogens with zero attached hydrogens (tertiary/aromatic N) is 2. The minimum absolute atomic E-state index is 0.0854. The molecule has 1 aromatic heterocycles. The van der Waals surface area contributed by atoms with Crippen LogP contribution in [0.5, 0.6) is 0 Å². The average Bonchev–Trinajstić information content (AvgIpc) is 3.01. The predicted molar refractivity (Wildman–Crippen MR) is 96.5 cm³/mol. The van der Waals surface area contributed by atoms with Crippen LogP contribution in [0.3, 0.4) is 0 Å². The fourth-order valence-corrected chi connectivity index (χ4v) is 3.75. The molecule has 8 heteroatoms. The van der Waals surface area contributed by atoms with Gasteiger partial charge in [0.1, 0.15) is 0 Å². The maximum Gasteiger partial charge on any atom is 0.262 e. The number of rotatable bonds is 5. The number of benzene rings is 2. The molecular formula is C18H17N3O4S. The Kier molecular flexibility index (Phi) is 4.60. The molecule has 0 unspecified atom stereocenters. The Balaban J connectivity index is 1.94. The lowest BCUT2D eigenvalue weighted by Gasteiger charge is -2.11. The van der Waals surface area contributed by atoms with Crippen molar-refractivity contribution >= 4 is 21.5 Å². The molecule has 26 heavy (non-hydrogen) atoms. The minimum Gasteiger partial charge on any atom is -0.334 e. The van der Waals surface area contributed by atoms with Gasteiger partial charge < -0.3 is 4.52 Å². The first kappa shape index (κ1) is 17.8. The number of ketones is 1. The van der Waals surface area contributed by atoms with Gasteiger partial charge in [0, 0.05) is 16.8 Å². The molecule has 3 aromatic rings. The van der Waals surface area contributed by atoms with Crippen LogP contribution in [0.25, 0.3) is 11.5 Å². The number of hydrogen-bond acceptors (Lipinski definition) is 6. The Morgan fingerprint density at radius 1 is 1.08 bits per heavy atom. The number of hydrogen-bond donors (Lipinski definition) is 1. The molecule has 0 bridgehead atoms. The second-order valence-corrected chi connectivity index (χ2v) is 7.52. The summed E-state index contributed by atoms with van der Waals surface area (Å²) in [6.07, 6.45) is 0. The summed E-state index contributed by atoms with van der Waals surface area (Å²) in [5.74, 6) is 0.635. The van der Waals surface area contributed by atoms with Gasteiger partial charge in [0.2, 0.25) is 0 Å². The van der Waals surface area contributed by atoms with E-state index in [1.165, 1.54) is 13.0 Å². The lowest BCUT2D eigenvalue weighted by molar-refractivity contribution is 0.101. The lowest BCUT2D eigenvalue weighted by Crippen LogP contribution is -2.14. The van der Waals surface area contributed by atoms with E-state index in [-0.39, 0.29) is 16.6 Å². The number of sulfonamides is 1. The molecule has 2 aromatic carbocycles. The van der Waals surface area contributed by atoms with E-state index < -0.39 is 10.0 Å². The van der Waals surface area contributed by atoms with Crippen molar-refractivity contribution in [1.82, 2.24) is 10.1 Å². The van der Waals surface area contributed by atoms with Gasteiger partial charge in [-0.25, -0.2) is 8.42 Å². The van der Waals surface area contributed by atoms with Gasteiger partial charge in [-0.05, 0) is 62.7 Å². The molecule has 0 saturated carbocycles. The van der Waals surface area contributed by atoms with Gasteiger partial charge in [0.05, 0.1) is 4.90 Å². The molecule has 0 spiro atoms. The SMILES string of the molecule is CC(=O)c1ccc(NS(=O)(=O)c2cc(-c3nc(C)no3)ccc2C)cc1. The Labute approximate surface area is 151 Å². The summed E-state index contributed by atoms with van der Waals surface area (Å²) in [4.78, 5) is 15.6. The van der Waals surface area contributed by atoms with Crippen LogP contribution in [0, 0.1) is 13.8 Å². The van der Waals surface area contributed by atoms with Gasteiger partial charge in [-0.2, -0.15) is 4.98 Å². The summed E-state index contributed by atoms with van der Waals surface area (Å²) < 4.78 is 33.2. The third-order valence-corrected chi connectivity index (χ3v) is 5.32. The maximum absolute atomic E-state index is 12.8. The topological polar surface area (TPSA) is 102 Å². The van der Waals surface area contributed by atoms with E-state index in [0.29, 0.717) is 28.2 Å². The largest absolute Gasteiger partial charge is 0.334 e. The molecular weight excluding hydrogens is 354 g/mol. The van der Waals surface area contributed by atoms with Crippen LogP contribution in [0.1, 0.15) is 28.7 Å². The van der Waals surface area contributed by atoms with Gasteiger partial charge >= 0.3 is 0 Å². The molecule has 0 fully saturated rings. The van der Waals surface area contributed by atoms with Crippen LogP contribution < -0.4 is 4.72 Å². The lowest BCUT2D eigenvalue weighted by atomic mass is 10.1. The third-order valence-electron chi connectivity index (χ3n) is 3.80. The number of nitrogens with one attached hydrogen (secondary N) is 1.